The molecule has 8 nitrogen and oxygen atoms in total. The van der Waals surface area contributed by atoms with Crippen LogP contribution >= 0.6 is 0 Å². The molecule has 37 heavy (non-hydrogen) atoms. The molecule has 0 radical (unpaired) electrons. The Labute approximate surface area is 208 Å². The molecule has 0 fully saturated rings. The van der Waals surface area contributed by atoms with Crippen LogP contribution in [0.5, 0.6) is 5.75 Å². The van der Waals surface area contributed by atoms with Crippen molar-refractivity contribution in [2.45, 2.75) is 6.18 Å². The number of ether oxygens (including phenoxy) is 1. The van der Waals surface area contributed by atoms with Crippen LogP contribution in [0.2, 0.25) is 0 Å². The summed E-state index contributed by atoms with van der Waals surface area (Å²) in [5, 5.41) is 10.2. The Morgan fingerprint density at radius 3 is 2.51 bits per heavy atom. The number of amides is 1. The number of carbonyl (C=O) groups is 1. The largest absolute Gasteiger partial charge is 0.497 e. The molecule has 0 aliphatic heterocycles. The minimum atomic E-state index is -4.55. The summed E-state index contributed by atoms with van der Waals surface area (Å²) in [6.45, 7) is 0. The highest BCUT2D eigenvalue weighted by Crippen LogP contribution is 2.38. The SMILES string of the molecule is COc1ccc(N(c2cccc(NC(=O)c3cccc(C(F)(F)F)c3)c2)c2ncnc3[nH]ncc23)cc1. The van der Waals surface area contributed by atoms with E-state index in [1.807, 2.05) is 23.1 Å². The molecular formula is C26H19F3N6O2. The first kappa shape index (κ1) is 23.8. The van der Waals surface area contributed by atoms with Gasteiger partial charge < -0.3 is 10.1 Å². The highest BCUT2D eigenvalue weighted by Gasteiger charge is 2.31. The lowest BCUT2D eigenvalue weighted by Gasteiger charge is -2.25. The monoisotopic (exact) mass is 504 g/mol. The van der Waals surface area contributed by atoms with Crippen molar-refractivity contribution in [3.63, 3.8) is 0 Å². The van der Waals surface area contributed by atoms with Gasteiger partial charge in [-0.2, -0.15) is 18.3 Å². The van der Waals surface area contributed by atoms with E-state index in [1.54, 1.807) is 43.6 Å². The predicted molar refractivity (Wildman–Crippen MR) is 132 cm³/mol. The van der Waals surface area contributed by atoms with Gasteiger partial charge in [0.2, 0.25) is 0 Å². The molecule has 0 aliphatic rings. The maximum atomic E-state index is 13.1. The third kappa shape index (κ3) is 4.92. The van der Waals surface area contributed by atoms with E-state index in [1.165, 1.54) is 18.5 Å². The number of nitrogens with zero attached hydrogens (tertiary/aromatic N) is 4. The van der Waals surface area contributed by atoms with Gasteiger partial charge in [-0.25, -0.2) is 9.97 Å². The Morgan fingerprint density at radius 2 is 1.76 bits per heavy atom. The third-order valence-corrected chi connectivity index (χ3v) is 5.58. The van der Waals surface area contributed by atoms with E-state index in [4.69, 9.17) is 4.74 Å². The molecule has 186 valence electrons. The highest BCUT2D eigenvalue weighted by atomic mass is 19.4. The lowest BCUT2D eigenvalue weighted by molar-refractivity contribution is -0.137. The summed E-state index contributed by atoms with van der Waals surface area (Å²) in [6, 6.07) is 18.4. The maximum Gasteiger partial charge on any atom is 0.416 e. The van der Waals surface area contributed by atoms with Crippen LogP contribution in [0.1, 0.15) is 15.9 Å². The fourth-order valence-electron chi connectivity index (χ4n) is 3.82. The Kier molecular flexibility index (Phi) is 6.18. The summed E-state index contributed by atoms with van der Waals surface area (Å²) >= 11 is 0. The van der Waals surface area contributed by atoms with E-state index < -0.39 is 17.6 Å². The number of benzene rings is 3. The number of alkyl halides is 3. The first-order valence-corrected chi connectivity index (χ1v) is 11.0. The molecule has 0 bridgehead atoms. The molecule has 0 atom stereocenters. The molecule has 0 saturated carbocycles. The van der Waals surface area contributed by atoms with Gasteiger partial charge in [-0.1, -0.05) is 12.1 Å². The van der Waals surface area contributed by atoms with Crippen LogP contribution in [0.15, 0.2) is 85.3 Å². The number of hydrogen-bond donors (Lipinski definition) is 2. The van der Waals surface area contributed by atoms with Crippen LogP contribution in [-0.4, -0.2) is 33.2 Å². The van der Waals surface area contributed by atoms with Crippen molar-refractivity contribution in [1.82, 2.24) is 20.2 Å². The van der Waals surface area contributed by atoms with Crippen molar-refractivity contribution in [1.29, 1.82) is 0 Å². The smallest absolute Gasteiger partial charge is 0.416 e. The molecule has 1 amide bonds. The maximum absolute atomic E-state index is 13.1. The number of hydrogen-bond acceptors (Lipinski definition) is 6. The first-order chi connectivity index (χ1) is 17.8. The number of nitrogens with one attached hydrogen (secondary N) is 2. The molecule has 0 unspecified atom stereocenters. The lowest BCUT2D eigenvalue weighted by atomic mass is 10.1. The van der Waals surface area contributed by atoms with Crippen LogP contribution in [0, 0.1) is 0 Å². The van der Waals surface area contributed by atoms with Gasteiger partial charge in [0.05, 0.1) is 24.3 Å². The standard InChI is InChI=1S/C26H19F3N6O2/c1-37-21-10-8-19(9-11-21)35(24-22-14-32-34-23(22)30-15-31-24)20-7-3-6-18(13-20)33-25(36)16-4-2-5-17(12-16)26(27,28)29/h2-15H,1H3,(H,33,36)(H,30,31,32,34). The van der Waals surface area contributed by atoms with Crippen LogP contribution in [-0.2, 0) is 6.18 Å². The average Bonchev–Trinajstić information content (AvgIpc) is 3.39. The van der Waals surface area contributed by atoms with E-state index in [0.29, 0.717) is 34.0 Å². The number of aromatic amines is 1. The summed E-state index contributed by atoms with van der Waals surface area (Å²) in [6.07, 6.45) is -1.53. The molecule has 11 heteroatoms. The zero-order valence-electron chi connectivity index (χ0n) is 19.3. The third-order valence-electron chi connectivity index (χ3n) is 5.58. The Bertz CT molecular complexity index is 1570. The fraction of sp³-hybridized carbons (Fsp3) is 0.0769. The van der Waals surface area contributed by atoms with Gasteiger partial charge in [0.25, 0.3) is 5.91 Å². The molecule has 2 N–H and O–H groups in total. The summed E-state index contributed by atoms with van der Waals surface area (Å²) in [4.78, 5) is 23.3. The van der Waals surface area contributed by atoms with Crippen LogP contribution < -0.4 is 15.0 Å². The minimum absolute atomic E-state index is 0.108. The molecule has 2 heterocycles. The van der Waals surface area contributed by atoms with E-state index in [2.05, 4.69) is 25.5 Å². The topological polar surface area (TPSA) is 96.0 Å². The van der Waals surface area contributed by atoms with Crippen molar-refractivity contribution in [3.05, 3.63) is 96.4 Å². The normalized spacial score (nSPS) is 11.4. The minimum Gasteiger partial charge on any atom is -0.497 e. The van der Waals surface area contributed by atoms with E-state index in [-0.39, 0.29) is 5.56 Å². The second kappa shape index (κ2) is 9.61. The molecule has 5 rings (SSSR count). The Morgan fingerprint density at radius 1 is 0.973 bits per heavy atom. The zero-order chi connectivity index (χ0) is 26.0. The van der Waals surface area contributed by atoms with Crippen molar-refractivity contribution >= 4 is 39.8 Å². The second-order valence-corrected chi connectivity index (χ2v) is 7.95. The predicted octanol–water partition coefficient (Wildman–Crippen LogP) is 6.10. The van der Waals surface area contributed by atoms with E-state index >= 15 is 0 Å². The number of fused-ring (bicyclic) bond motifs is 1. The van der Waals surface area contributed by atoms with Crippen molar-refractivity contribution in [3.8, 4) is 5.75 Å². The molecule has 2 aromatic heterocycles. The van der Waals surface area contributed by atoms with Gasteiger partial charge >= 0.3 is 6.18 Å². The van der Waals surface area contributed by atoms with Crippen molar-refractivity contribution in [2.24, 2.45) is 0 Å². The van der Waals surface area contributed by atoms with Gasteiger partial charge in [-0.15, -0.1) is 0 Å². The number of rotatable bonds is 6. The van der Waals surface area contributed by atoms with Crippen molar-refractivity contribution < 1.29 is 22.7 Å². The summed E-state index contributed by atoms with van der Waals surface area (Å²) in [7, 11) is 1.57. The molecule has 5 aromatic rings. The lowest BCUT2D eigenvalue weighted by Crippen LogP contribution is -2.15. The number of H-pyrrole nitrogens is 1. The number of aromatic nitrogens is 4. The molecule has 0 aliphatic carbocycles. The number of halogens is 3. The van der Waals surface area contributed by atoms with Crippen LogP contribution in [0.25, 0.3) is 11.0 Å². The highest BCUT2D eigenvalue weighted by molar-refractivity contribution is 6.05. The van der Waals surface area contributed by atoms with Gasteiger partial charge in [0.15, 0.2) is 11.5 Å². The van der Waals surface area contributed by atoms with Gasteiger partial charge in [0, 0.05) is 22.6 Å². The molecule has 3 aromatic carbocycles. The average molecular weight is 504 g/mol. The Hall–Kier alpha value is -4.93. The number of methoxy groups -OCH3 is 1. The van der Waals surface area contributed by atoms with Gasteiger partial charge in [-0.05, 0) is 60.7 Å². The first-order valence-electron chi connectivity index (χ1n) is 11.0. The molecule has 0 saturated heterocycles. The second-order valence-electron chi connectivity index (χ2n) is 7.95. The van der Waals surface area contributed by atoms with E-state index in [9.17, 15) is 18.0 Å². The summed E-state index contributed by atoms with van der Waals surface area (Å²) in [5.41, 5.74) is 1.29. The number of anilines is 4. The van der Waals surface area contributed by atoms with Crippen molar-refractivity contribution in [2.75, 3.05) is 17.3 Å². The zero-order valence-corrected chi connectivity index (χ0v) is 19.3. The summed E-state index contributed by atoms with van der Waals surface area (Å²) in [5.74, 6) is 0.533. The van der Waals surface area contributed by atoms with Crippen LogP contribution in [0.4, 0.5) is 36.1 Å². The fourth-order valence-corrected chi connectivity index (χ4v) is 3.82. The quantitative estimate of drug-likeness (QED) is 0.290. The number of carbonyl (C=O) groups excluding carboxylic acids is 1. The summed E-state index contributed by atoms with van der Waals surface area (Å²) < 4.78 is 44.6. The van der Waals surface area contributed by atoms with Gasteiger partial charge in [0.1, 0.15) is 12.1 Å². The van der Waals surface area contributed by atoms with E-state index in [0.717, 1.165) is 17.8 Å². The molecular weight excluding hydrogens is 485 g/mol. The molecule has 0 spiro atoms. The Balaban J connectivity index is 1.53. The van der Waals surface area contributed by atoms with Crippen LogP contribution in [0.3, 0.4) is 0 Å². The van der Waals surface area contributed by atoms with Gasteiger partial charge in [-0.3, -0.25) is 14.8 Å².